The Morgan fingerprint density at radius 3 is 2.86 bits per heavy atom. The number of nitrogens with one attached hydrogen (secondary N) is 1. The number of nitrogens with zero attached hydrogens (tertiary/aromatic N) is 1. The lowest BCUT2D eigenvalue weighted by atomic mass is 10.2. The first-order chi connectivity index (χ1) is 6.90. The summed E-state index contributed by atoms with van der Waals surface area (Å²) in [5.41, 5.74) is 1.13. The van der Waals surface area contributed by atoms with Gasteiger partial charge in [-0.05, 0) is 31.4 Å². The summed E-state index contributed by atoms with van der Waals surface area (Å²) < 4.78 is 5.42. The van der Waals surface area contributed by atoms with Crippen LogP contribution in [0.15, 0.2) is 24.5 Å². The van der Waals surface area contributed by atoms with Gasteiger partial charge in [0.1, 0.15) is 0 Å². The number of hydrogen-bond acceptors (Lipinski definition) is 3. The topological polar surface area (TPSA) is 34.1 Å². The first-order valence-corrected chi connectivity index (χ1v) is 5.09. The molecule has 2 unspecified atom stereocenters. The second-order valence-electron chi connectivity index (χ2n) is 3.69. The first kappa shape index (κ1) is 9.46. The average molecular weight is 192 g/mol. The van der Waals surface area contributed by atoms with Crippen molar-refractivity contribution in [3.05, 3.63) is 24.5 Å². The zero-order chi connectivity index (χ0) is 9.80. The van der Waals surface area contributed by atoms with Crippen LogP contribution in [-0.4, -0.2) is 24.2 Å². The van der Waals surface area contributed by atoms with Gasteiger partial charge in [0.05, 0.1) is 12.1 Å². The maximum atomic E-state index is 5.42. The Balaban J connectivity index is 1.97. The summed E-state index contributed by atoms with van der Waals surface area (Å²) in [7, 11) is 1.79. The van der Waals surface area contributed by atoms with E-state index in [1.807, 2.05) is 12.1 Å². The van der Waals surface area contributed by atoms with Crippen LogP contribution in [0.2, 0.25) is 0 Å². The minimum Gasteiger partial charge on any atom is -0.380 e. The number of anilines is 1. The van der Waals surface area contributed by atoms with Crippen LogP contribution in [0.3, 0.4) is 0 Å². The summed E-state index contributed by atoms with van der Waals surface area (Å²) >= 11 is 0. The average Bonchev–Trinajstić information content (AvgIpc) is 2.67. The normalized spacial score (nSPS) is 26.4. The molecular weight excluding hydrogens is 176 g/mol. The molecular formula is C11H16N2O. The molecule has 2 rings (SSSR count). The largest absolute Gasteiger partial charge is 0.380 e. The highest BCUT2D eigenvalue weighted by atomic mass is 16.5. The maximum absolute atomic E-state index is 5.42. The molecule has 2 atom stereocenters. The Morgan fingerprint density at radius 1 is 1.36 bits per heavy atom. The molecule has 0 aromatic carbocycles. The molecule has 14 heavy (non-hydrogen) atoms. The van der Waals surface area contributed by atoms with E-state index in [4.69, 9.17) is 4.74 Å². The van der Waals surface area contributed by atoms with Gasteiger partial charge in [-0.3, -0.25) is 4.98 Å². The Bertz CT molecular complexity index is 276. The second kappa shape index (κ2) is 4.42. The lowest BCUT2D eigenvalue weighted by Gasteiger charge is -2.20. The molecule has 1 heterocycles. The Morgan fingerprint density at radius 2 is 2.14 bits per heavy atom. The summed E-state index contributed by atoms with van der Waals surface area (Å²) in [6, 6.07) is 4.44. The highest BCUT2D eigenvalue weighted by molar-refractivity contribution is 5.42. The highest BCUT2D eigenvalue weighted by Gasteiger charge is 2.26. The standard InChI is InChI=1S/C11H16N2O/c1-14-11-4-2-3-10(11)13-9-5-7-12-8-6-9/h5-8,10-11H,2-4H2,1H3,(H,12,13). The fraction of sp³-hybridized carbons (Fsp3) is 0.545. The molecule has 1 aromatic rings. The van der Waals surface area contributed by atoms with Gasteiger partial charge in [0, 0.05) is 25.2 Å². The Labute approximate surface area is 84.5 Å². The third-order valence-electron chi connectivity index (χ3n) is 2.79. The minimum atomic E-state index is 0.364. The van der Waals surface area contributed by atoms with Gasteiger partial charge < -0.3 is 10.1 Å². The molecule has 1 aliphatic rings. The molecule has 1 aliphatic carbocycles. The SMILES string of the molecule is COC1CCCC1Nc1ccncc1. The molecule has 0 aliphatic heterocycles. The predicted octanol–water partition coefficient (Wildman–Crippen LogP) is 2.06. The molecule has 3 heteroatoms. The number of pyridine rings is 1. The number of hydrogen-bond donors (Lipinski definition) is 1. The van der Waals surface area contributed by atoms with Gasteiger partial charge >= 0.3 is 0 Å². The Kier molecular flexibility index (Phi) is 2.99. The quantitative estimate of drug-likeness (QED) is 0.796. The molecule has 0 amide bonds. The number of methoxy groups -OCH3 is 1. The van der Waals surface area contributed by atoms with E-state index in [2.05, 4.69) is 10.3 Å². The fourth-order valence-electron chi connectivity index (χ4n) is 2.04. The molecule has 3 nitrogen and oxygen atoms in total. The van der Waals surface area contributed by atoms with Gasteiger partial charge in [-0.1, -0.05) is 0 Å². The van der Waals surface area contributed by atoms with Gasteiger partial charge in [0.25, 0.3) is 0 Å². The zero-order valence-corrected chi connectivity index (χ0v) is 8.44. The molecule has 1 saturated carbocycles. The van der Waals surface area contributed by atoms with E-state index >= 15 is 0 Å². The van der Waals surface area contributed by atoms with Crippen molar-refractivity contribution in [2.24, 2.45) is 0 Å². The van der Waals surface area contributed by atoms with E-state index in [0.717, 1.165) is 5.69 Å². The van der Waals surface area contributed by atoms with Crippen molar-refractivity contribution >= 4 is 5.69 Å². The predicted molar refractivity (Wildman–Crippen MR) is 56.3 cm³/mol. The zero-order valence-electron chi connectivity index (χ0n) is 8.44. The van der Waals surface area contributed by atoms with Crippen LogP contribution in [0.4, 0.5) is 5.69 Å². The monoisotopic (exact) mass is 192 g/mol. The number of aromatic nitrogens is 1. The van der Waals surface area contributed by atoms with Crippen molar-refractivity contribution in [1.29, 1.82) is 0 Å². The molecule has 76 valence electrons. The van der Waals surface area contributed by atoms with E-state index < -0.39 is 0 Å². The highest BCUT2D eigenvalue weighted by Crippen LogP contribution is 2.24. The van der Waals surface area contributed by atoms with E-state index in [9.17, 15) is 0 Å². The van der Waals surface area contributed by atoms with Gasteiger partial charge in [-0.25, -0.2) is 0 Å². The van der Waals surface area contributed by atoms with Crippen LogP contribution in [0.5, 0.6) is 0 Å². The van der Waals surface area contributed by atoms with Gasteiger partial charge in [-0.15, -0.1) is 0 Å². The van der Waals surface area contributed by atoms with Gasteiger partial charge in [-0.2, -0.15) is 0 Å². The van der Waals surface area contributed by atoms with Crippen LogP contribution < -0.4 is 5.32 Å². The van der Waals surface area contributed by atoms with E-state index in [-0.39, 0.29) is 0 Å². The van der Waals surface area contributed by atoms with Crippen LogP contribution in [0.1, 0.15) is 19.3 Å². The third kappa shape index (κ3) is 2.04. The summed E-state index contributed by atoms with van der Waals surface area (Å²) in [5.74, 6) is 0. The van der Waals surface area contributed by atoms with Crippen LogP contribution >= 0.6 is 0 Å². The van der Waals surface area contributed by atoms with E-state index in [0.29, 0.717) is 12.1 Å². The lowest BCUT2D eigenvalue weighted by molar-refractivity contribution is 0.101. The summed E-state index contributed by atoms with van der Waals surface area (Å²) in [4.78, 5) is 3.99. The van der Waals surface area contributed by atoms with Crippen molar-refractivity contribution < 1.29 is 4.74 Å². The fourth-order valence-corrected chi connectivity index (χ4v) is 2.04. The third-order valence-corrected chi connectivity index (χ3v) is 2.79. The van der Waals surface area contributed by atoms with Crippen molar-refractivity contribution in [3.8, 4) is 0 Å². The molecule has 1 N–H and O–H groups in total. The molecule has 1 aromatic heterocycles. The molecule has 0 bridgehead atoms. The van der Waals surface area contributed by atoms with Gasteiger partial charge in [0.2, 0.25) is 0 Å². The molecule has 0 spiro atoms. The smallest absolute Gasteiger partial charge is 0.0772 e. The maximum Gasteiger partial charge on any atom is 0.0772 e. The lowest BCUT2D eigenvalue weighted by Crippen LogP contribution is -2.29. The van der Waals surface area contributed by atoms with E-state index in [1.54, 1.807) is 19.5 Å². The summed E-state index contributed by atoms with van der Waals surface area (Å²) in [6.07, 6.45) is 7.59. The van der Waals surface area contributed by atoms with E-state index in [1.165, 1.54) is 19.3 Å². The van der Waals surface area contributed by atoms with Crippen molar-refractivity contribution in [2.45, 2.75) is 31.4 Å². The minimum absolute atomic E-state index is 0.364. The summed E-state index contributed by atoms with van der Waals surface area (Å²) in [5, 5.41) is 3.48. The van der Waals surface area contributed by atoms with Crippen molar-refractivity contribution in [2.75, 3.05) is 12.4 Å². The second-order valence-corrected chi connectivity index (χ2v) is 3.69. The molecule has 0 radical (unpaired) electrons. The number of ether oxygens (including phenoxy) is 1. The molecule has 0 saturated heterocycles. The number of rotatable bonds is 3. The van der Waals surface area contributed by atoms with Crippen LogP contribution in [0, 0.1) is 0 Å². The first-order valence-electron chi connectivity index (χ1n) is 5.09. The summed E-state index contributed by atoms with van der Waals surface area (Å²) in [6.45, 7) is 0. The van der Waals surface area contributed by atoms with Gasteiger partial charge in [0.15, 0.2) is 0 Å². The Hall–Kier alpha value is -1.09. The van der Waals surface area contributed by atoms with Crippen molar-refractivity contribution in [1.82, 2.24) is 4.98 Å². The van der Waals surface area contributed by atoms with Crippen LogP contribution in [-0.2, 0) is 4.74 Å². The van der Waals surface area contributed by atoms with Crippen molar-refractivity contribution in [3.63, 3.8) is 0 Å². The molecule has 1 fully saturated rings. The van der Waals surface area contributed by atoms with Crippen LogP contribution in [0.25, 0.3) is 0 Å².